The fourth-order valence-electron chi connectivity index (χ4n) is 3.72. The van der Waals surface area contributed by atoms with Gasteiger partial charge in [-0.05, 0) is 52.6 Å². The summed E-state index contributed by atoms with van der Waals surface area (Å²) < 4.78 is 69.9. The van der Waals surface area contributed by atoms with E-state index in [1.54, 1.807) is 36.4 Å². The molecule has 0 aliphatic carbocycles. The van der Waals surface area contributed by atoms with Crippen molar-refractivity contribution in [2.75, 3.05) is 0 Å². The van der Waals surface area contributed by atoms with Crippen LogP contribution in [0.2, 0.25) is 0 Å². The number of hydrogen-bond acceptors (Lipinski definition) is 1. The number of rotatable bonds is 6. The average molecular weight is 454 g/mol. The third-order valence-electron chi connectivity index (χ3n) is 5.34. The van der Waals surface area contributed by atoms with E-state index in [1.807, 2.05) is 24.3 Å². The van der Waals surface area contributed by atoms with Gasteiger partial charge >= 0.3 is 6.36 Å². The number of aryl methyl sites for hydroxylation is 1. The molecule has 0 aliphatic rings. The number of ether oxygens (including phenoxy) is 1. The quantitative estimate of drug-likeness (QED) is 0.210. The van der Waals surface area contributed by atoms with Crippen LogP contribution in [0.15, 0.2) is 85.5 Å². The molecule has 1 nitrogen and oxygen atoms in total. The van der Waals surface area contributed by atoms with E-state index in [4.69, 9.17) is 0 Å². The maximum atomic E-state index is 15.2. The SMILES string of the molecule is C=CCCc1ccc2c(F)c(-c3ccc(-c4ccc(OC(F)(F)F)c(F)c4)cc3)ccc2c1. The minimum absolute atomic E-state index is 0.338. The molecule has 0 aromatic heterocycles. The maximum Gasteiger partial charge on any atom is 0.573 e. The Labute approximate surface area is 187 Å². The molecule has 0 aliphatic heterocycles. The van der Waals surface area contributed by atoms with Crippen LogP contribution in [-0.4, -0.2) is 6.36 Å². The molecule has 0 spiro atoms. The summed E-state index contributed by atoms with van der Waals surface area (Å²) in [4.78, 5) is 0. The van der Waals surface area contributed by atoms with E-state index in [1.165, 1.54) is 6.07 Å². The molecule has 33 heavy (non-hydrogen) atoms. The van der Waals surface area contributed by atoms with E-state index < -0.39 is 17.9 Å². The Hall–Kier alpha value is -3.67. The Balaban J connectivity index is 1.61. The molecular formula is C27H19F5O. The average Bonchev–Trinajstić information content (AvgIpc) is 2.78. The van der Waals surface area contributed by atoms with Crippen LogP contribution in [0, 0.1) is 11.6 Å². The van der Waals surface area contributed by atoms with E-state index in [2.05, 4.69) is 11.3 Å². The number of alkyl halides is 3. The maximum absolute atomic E-state index is 15.2. The van der Waals surface area contributed by atoms with Crippen LogP contribution in [-0.2, 0) is 6.42 Å². The second-order valence-electron chi connectivity index (χ2n) is 7.58. The summed E-state index contributed by atoms with van der Waals surface area (Å²) in [5.74, 6) is -2.36. The molecule has 168 valence electrons. The molecule has 0 saturated carbocycles. The monoisotopic (exact) mass is 454 g/mol. The van der Waals surface area contributed by atoms with E-state index in [0.29, 0.717) is 27.6 Å². The minimum Gasteiger partial charge on any atom is -0.403 e. The molecule has 0 N–H and O–H groups in total. The van der Waals surface area contributed by atoms with Crippen molar-refractivity contribution in [3.63, 3.8) is 0 Å². The van der Waals surface area contributed by atoms with Crippen molar-refractivity contribution >= 4 is 10.8 Å². The van der Waals surface area contributed by atoms with Crippen LogP contribution < -0.4 is 4.74 Å². The lowest BCUT2D eigenvalue weighted by atomic mass is 9.96. The standard InChI is InChI=1S/C27H19F5O/c1-2-3-4-17-5-12-23-21(15-17)10-13-22(26(23)29)19-8-6-18(7-9-19)20-11-14-25(24(28)16-20)33-27(30,31)32/h2,5-16H,1,3-4H2. The predicted molar refractivity (Wildman–Crippen MR) is 120 cm³/mol. The Kier molecular flexibility index (Phi) is 6.18. The predicted octanol–water partition coefficient (Wildman–Crippen LogP) is 8.47. The summed E-state index contributed by atoms with van der Waals surface area (Å²) >= 11 is 0. The van der Waals surface area contributed by atoms with Gasteiger partial charge in [0.05, 0.1) is 0 Å². The summed E-state index contributed by atoms with van der Waals surface area (Å²) in [6.07, 6.45) is -1.44. The lowest BCUT2D eigenvalue weighted by molar-refractivity contribution is -0.275. The normalized spacial score (nSPS) is 11.5. The van der Waals surface area contributed by atoms with Crippen molar-refractivity contribution in [3.05, 3.63) is 103 Å². The molecule has 0 unspecified atom stereocenters. The zero-order chi connectivity index (χ0) is 23.6. The summed E-state index contributed by atoms with van der Waals surface area (Å²) in [6, 6.07) is 19.2. The molecule has 0 heterocycles. The topological polar surface area (TPSA) is 9.23 Å². The van der Waals surface area contributed by atoms with Crippen LogP contribution in [0.5, 0.6) is 5.75 Å². The molecule has 0 amide bonds. The van der Waals surface area contributed by atoms with Gasteiger partial charge in [-0.15, -0.1) is 19.8 Å². The highest BCUT2D eigenvalue weighted by Crippen LogP contribution is 2.33. The third kappa shape index (κ3) is 5.06. The highest BCUT2D eigenvalue weighted by Gasteiger charge is 2.32. The number of benzene rings is 4. The summed E-state index contributed by atoms with van der Waals surface area (Å²) in [6.45, 7) is 3.72. The fourth-order valence-corrected chi connectivity index (χ4v) is 3.72. The number of fused-ring (bicyclic) bond motifs is 1. The lowest BCUT2D eigenvalue weighted by Crippen LogP contribution is -2.17. The molecular weight excluding hydrogens is 435 g/mol. The van der Waals surface area contributed by atoms with Crippen molar-refractivity contribution in [3.8, 4) is 28.0 Å². The van der Waals surface area contributed by atoms with Gasteiger partial charge in [-0.3, -0.25) is 0 Å². The van der Waals surface area contributed by atoms with Gasteiger partial charge in [0.15, 0.2) is 11.6 Å². The van der Waals surface area contributed by atoms with E-state index in [9.17, 15) is 17.6 Å². The number of hydrogen-bond donors (Lipinski definition) is 0. The second kappa shape index (κ2) is 9.06. The zero-order valence-electron chi connectivity index (χ0n) is 17.4. The third-order valence-corrected chi connectivity index (χ3v) is 5.34. The Morgan fingerprint density at radius 3 is 2.15 bits per heavy atom. The first kappa shape index (κ1) is 22.5. The van der Waals surface area contributed by atoms with Crippen molar-refractivity contribution in [1.29, 1.82) is 0 Å². The summed E-state index contributed by atoms with van der Waals surface area (Å²) in [7, 11) is 0. The van der Waals surface area contributed by atoms with Crippen molar-refractivity contribution in [2.45, 2.75) is 19.2 Å². The molecule has 0 fully saturated rings. The van der Waals surface area contributed by atoms with Crippen molar-refractivity contribution in [1.82, 2.24) is 0 Å². The highest BCUT2D eigenvalue weighted by molar-refractivity contribution is 5.89. The molecule has 0 bridgehead atoms. The van der Waals surface area contributed by atoms with E-state index in [-0.39, 0.29) is 5.82 Å². The smallest absolute Gasteiger partial charge is 0.403 e. The number of halogens is 5. The molecule has 0 atom stereocenters. The van der Waals surface area contributed by atoms with Gasteiger partial charge in [0.2, 0.25) is 0 Å². The van der Waals surface area contributed by atoms with Crippen molar-refractivity contribution < 1.29 is 26.7 Å². The molecule has 0 saturated heterocycles. The van der Waals surface area contributed by atoms with Gasteiger partial charge in [-0.1, -0.05) is 66.7 Å². The largest absolute Gasteiger partial charge is 0.573 e. The Bertz CT molecular complexity index is 1310. The van der Waals surface area contributed by atoms with Crippen molar-refractivity contribution in [2.24, 2.45) is 0 Å². The first-order valence-corrected chi connectivity index (χ1v) is 10.2. The molecule has 4 rings (SSSR count). The first-order chi connectivity index (χ1) is 15.7. The first-order valence-electron chi connectivity index (χ1n) is 10.2. The summed E-state index contributed by atoms with van der Waals surface area (Å²) in [5.41, 5.74) is 3.11. The van der Waals surface area contributed by atoms with Gasteiger partial charge in [-0.25, -0.2) is 8.78 Å². The van der Waals surface area contributed by atoms with Gasteiger partial charge in [0.25, 0.3) is 0 Å². The van der Waals surface area contributed by atoms with E-state index in [0.717, 1.165) is 35.9 Å². The molecule has 6 heteroatoms. The minimum atomic E-state index is -4.97. The highest BCUT2D eigenvalue weighted by atomic mass is 19.4. The van der Waals surface area contributed by atoms with Crippen LogP contribution in [0.25, 0.3) is 33.0 Å². The summed E-state index contributed by atoms with van der Waals surface area (Å²) in [5, 5.41) is 1.33. The zero-order valence-corrected chi connectivity index (χ0v) is 17.4. The van der Waals surface area contributed by atoms with Gasteiger partial charge in [0, 0.05) is 10.9 Å². The Morgan fingerprint density at radius 1 is 0.788 bits per heavy atom. The van der Waals surface area contributed by atoms with Crippen LogP contribution in [0.1, 0.15) is 12.0 Å². The van der Waals surface area contributed by atoms with Gasteiger partial charge < -0.3 is 4.74 Å². The number of allylic oxidation sites excluding steroid dienone is 1. The van der Waals surface area contributed by atoms with Crippen LogP contribution in [0.4, 0.5) is 22.0 Å². The fraction of sp³-hybridized carbons (Fsp3) is 0.111. The lowest BCUT2D eigenvalue weighted by Gasteiger charge is -2.11. The van der Waals surface area contributed by atoms with Gasteiger partial charge in [-0.2, -0.15) is 0 Å². The van der Waals surface area contributed by atoms with Gasteiger partial charge in [0.1, 0.15) is 5.82 Å². The van der Waals surface area contributed by atoms with E-state index >= 15 is 4.39 Å². The van der Waals surface area contributed by atoms with Crippen LogP contribution >= 0.6 is 0 Å². The molecule has 4 aromatic rings. The molecule has 0 radical (unpaired) electrons. The second-order valence-corrected chi connectivity index (χ2v) is 7.58. The Morgan fingerprint density at radius 2 is 1.48 bits per heavy atom. The molecule has 4 aromatic carbocycles. The van der Waals surface area contributed by atoms with Crippen LogP contribution in [0.3, 0.4) is 0 Å².